The van der Waals surface area contributed by atoms with Crippen LogP contribution in [0.5, 0.6) is 0 Å². The zero-order valence-electron chi connectivity index (χ0n) is 7.50. The van der Waals surface area contributed by atoms with E-state index in [9.17, 15) is 4.79 Å². The van der Waals surface area contributed by atoms with Crippen LogP contribution < -0.4 is 5.48 Å². The lowest BCUT2D eigenvalue weighted by Gasteiger charge is -2.14. The van der Waals surface area contributed by atoms with Gasteiger partial charge in [0.1, 0.15) is 6.04 Å². The molecule has 1 fully saturated rings. The maximum absolute atomic E-state index is 11.1. The molecular formula is C8H15NO3. The number of nitrogens with one attached hydrogen (secondary N) is 1. The van der Waals surface area contributed by atoms with Crippen molar-refractivity contribution in [3.05, 3.63) is 0 Å². The number of ether oxygens (including phenoxy) is 1. The molecule has 12 heavy (non-hydrogen) atoms. The van der Waals surface area contributed by atoms with Crippen LogP contribution in [0.4, 0.5) is 0 Å². The van der Waals surface area contributed by atoms with E-state index in [1.807, 2.05) is 6.92 Å². The minimum Gasteiger partial charge on any atom is -0.468 e. The fourth-order valence-corrected chi connectivity index (χ4v) is 1.07. The average molecular weight is 173 g/mol. The summed E-state index contributed by atoms with van der Waals surface area (Å²) in [4.78, 5) is 16.1. The van der Waals surface area contributed by atoms with Gasteiger partial charge in [-0.15, -0.1) is 0 Å². The minimum absolute atomic E-state index is 0.231. The van der Waals surface area contributed by atoms with E-state index < -0.39 is 0 Å². The van der Waals surface area contributed by atoms with Gasteiger partial charge in [-0.3, -0.25) is 4.79 Å². The molecule has 0 aromatic rings. The quantitative estimate of drug-likeness (QED) is 0.485. The number of hydrogen-bond acceptors (Lipinski definition) is 4. The third kappa shape index (κ3) is 2.46. The van der Waals surface area contributed by atoms with E-state index in [1.165, 1.54) is 7.11 Å². The number of methoxy groups -OCH3 is 1. The van der Waals surface area contributed by atoms with Gasteiger partial charge >= 0.3 is 5.97 Å². The van der Waals surface area contributed by atoms with Crippen molar-refractivity contribution in [3.8, 4) is 0 Å². The summed E-state index contributed by atoms with van der Waals surface area (Å²) in [5.74, 6) is 0.176. The Morgan fingerprint density at radius 3 is 2.75 bits per heavy atom. The zero-order valence-corrected chi connectivity index (χ0v) is 7.50. The fourth-order valence-electron chi connectivity index (χ4n) is 1.07. The summed E-state index contributed by atoms with van der Waals surface area (Å²) in [6.45, 7) is 2.43. The molecule has 1 atom stereocenters. The molecule has 0 heterocycles. The van der Waals surface area contributed by atoms with Crippen LogP contribution in [-0.2, 0) is 14.4 Å². The molecule has 1 aliphatic rings. The summed E-state index contributed by atoms with van der Waals surface area (Å²) in [6.07, 6.45) is 2.17. The zero-order chi connectivity index (χ0) is 8.97. The van der Waals surface area contributed by atoms with Crippen LogP contribution in [0.3, 0.4) is 0 Å². The predicted octanol–water partition coefficient (Wildman–Crippen LogP) is 0.479. The van der Waals surface area contributed by atoms with Crippen LogP contribution in [0.15, 0.2) is 0 Å². The van der Waals surface area contributed by atoms with Gasteiger partial charge in [-0.2, -0.15) is 5.48 Å². The molecule has 0 aromatic heterocycles. The number of carbonyl (C=O) groups is 1. The first kappa shape index (κ1) is 9.48. The van der Waals surface area contributed by atoms with Gasteiger partial charge in [-0.1, -0.05) is 0 Å². The Hall–Kier alpha value is -0.610. The molecule has 70 valence electrons. The highest BCUT2D eigenvalue weighted by atomic mass is 16.6. The second-order valence-corrected chi connectivity index (χ2v) is 2.89. The topological polar surface area (TPSA) is 47.6 Å². The third-order valence-corrected chi connectivity index (χ3v) is 1.90. The predicted molar refractivity (Wildman–Crippen MR) is 43.3 cm³/mol. The molecule has 0 amide bonds. The smallest absolute Gasteiger partial charge is 0.325 e. The molecule has 0 bridgehead atoms. The molecule has 0 aliphatic heterocycles. The van der Waals surface area contributed by atoms with Gasteiger partial charge in [0.2, 0.25) is 0 Å². The largest absolute Gasteiger partial charge is 0.468 e. The van der Waals surface area contributed by atoms with Crippen LogP contribution in [-0.4, -0.2) is 25.7 Å². The first-order valence-corrected chi connectivity index (χ1v) is 4.24. The summed E-state index contributed by atoms with van der Waals surface area (Å²) in [6, 6.07) is -0.269. The van der Waals surface area contributed by atoms with E-state index in [0.717, 1.165) is 12.8 Å². The Bertz CT molecular complexity index is 156. The Kier molecular flexibility index (Phi) is 3.49. The van der Waals surface area contributed by atoms with Crippen molar-refractivity contribution in [1.29, 1.82) is 0 Å². The maximum Gasteiger partial charge on any atom is 0.325 e. The van der Waals surface area contributed by atoms with Gasteiger partial charge in [-0.05, 0) is 25.7 Å². The summed E-state index contributed by atoms with van der Waals surface area (Å²) in [7, 11) is 1.39. The molecule has 0 radical (unpaired) electrons. The molecule has 1 saturated carbocycles. The summed E-state index contributed by atoms with van der Waals surface area (Å²) < 4.78 is 4.63. The molecule has 4 nitrogen and oxygen atoms in total. The minimum atomic E-state index is -0.269. The first-order chi connectivity index (χ1) is 5.79. The normalized spacial score (nSPS) is 18.8. The second kappa shape index (κ2) is 4.42. The maximum atomic E-state index is 11.1. The van der Waals surface area contributed by atoms with Crippen LogP contribution >= 0.6 is 0 Å². The fraction of sp³-hybridized carbons (Fsp3) is 0.875. The van der Waals surface area contributed by atoms with Crippen molar-refractivity contribution >= 4 is 5.97 Å². The van der Waals surface area contributed by atoms with Crippen molar-refractivity contribution < 1.29 is 14.4 Å². The average Bonchev–Trinajstić information content (AvgIpc) is 2.88. The van der Waals surface area contributed by atoms with Crippen LogP contribution in [0.2, 0.25) is 0 Å². The van der Waals surface area contributed by atoms with E-state index in [4.69, 9.17) is 4.84 Å². The lowest BCUT2D eigenvalue weighted by molar-refractivity contribution is -0.148. The van der Waals surface area contributed by atoms with E-state index in [0.29, 0.717) is 12.5 Å². The van der Waals surface area contributed by atoms with Crippen LogP contribution in [0, 0.1) is 5.92 Å². The monoisotopic (exact) mass is 173 g/mol. The molecular weight excluding hydrogens is 158 g/mol. The van der Waals surface area contributed by atoms with Crippen molar-refractivity contribution in [3.63, 3.8) is 0 Å². The first-order valence-electron chi connectivity index (χ1n) is 4.24. The summed E-state index contributed by atoms with van der Waals surface area (Å²) in [5, 5.41) is 0. The summed E-state index contributed by atoms with van der Waals surface area (Å²) in [5.41, 5.74) is 2.71. The van der Waals surface area contributed by atoms with Gasteiger partial charge in [0, 0.05) is 0 Å². The van der Waals surface area contributed by atoms with Gasteiger partial charge < -0.3 is 9.57 Å². The number of rotatable bonds is 5. The van der Waals surface area contributed by atoms with Gasteiger partial charge in [0.25, 0.3) is 0 Å². The Morgan fingerprint density at radius 2 is 2.33 bits per heavy atom. The Balaban J connectivity index is 2.32. The number of hydroxylamine groups is 1. The Labute approximate surface area is 72.2 Å². The van der Waals surface area contributed by atoms with Crippen molar-refractivity contribution in [1.82, 2.24) is 5.48 Å². The van der Waals surface area contributed by atoms with E-state index in [-0.39, 0.29) is 12.0 Å². The number of hydrogen-bond donors (Lipinski definition) is 1. The van der Waals surface area contributed by atoms with E-state index in [1.54, 1.807) is 0 Å². The van der Waals surface area contributed by atoms with Gasteiger partial charge in [0.15, 0.2) is 0 Å². The molecule has 1 aliphatic carbocycles. The molecule has 0 saturated heterocycles. The van der Waals surface area contributed by atoms with E-state index >= 15 is 0 Å². The molecule has 1 N–H and O–H groups in total. The molecule has 0 spiro atoms. The number of esters is 1. The third-order valence-electron chi connectivity index (χ3n) is 1.90. The highest BCUT2D eigenvalue weighted by Gasteiger charge is 2.37. The molecule has 0 aromatic carbocycles. The van der Waals surface area contributed by atoms with Crippen molar-refractivity contribution in [2.75, 3.05) is 13.7 Å². The van der Waals surface area contributed by atoms with Gasteiger partial charge in [-0.25, -0.2) is 0 Å². The molecule has 1 rings (SSSR count). The highest BCUT2D eigenvalue weighted by Crippen LogP contribution is 2.33. The van der Waals surface area contributed by atoms with Crippen LogP contribution in [0.1, 0.15) is 19.8 Å². The SMILES string of the molecule is CCONC(C(=O)OC)C1CC1. The Morgan fingerprint density at radius 1 is 1.67 bits per heavy atom. The van der Waals surface area contributed by atoms with Gasteiger partial charge in [0.05, 0.1) is 13.7 Å². The van der Waals surface area contributed by atoms with E-state index in [2.05, 4.69) is 10.2 Å². The van der Waals surface area contributed by atoms with Crippen molar-refractivity contribution in [2.24, 2.45) is 5.92 Å². The molecule has 1 unspecified atom stereocenters. The number of carbonyl (C=O) groups excluding carboxylic acids is 1. The highest BCUT2D eigenvalue weighted by molar-refractivity contribution is 5.76. The standard InChI is InChI=1S/C8H15NO3/c1-3-12-9-7(6-4-5-6)8(10)11-2/h6-7,9H,3-5H2,1-2H3. The van der Waals surface area contributed by atoms with Crippen LogP contribution in [0.25, 0.3) is 0 Å². The lowest BCUT2D eigenvalue weighted by Crippen LogP contribution is -2.39. The second-order valence-electron chi connectivity index (χ2n) is 2.89. The lowest BCUT2D eigenvalue weighted by atomic mass is 10.2. The van der Waals surface area contributed by atoms with Crippen molar-refractivity contribution in [2.45, 2.75) is 25.8 Å². The molecule has 4 heteroatoms. The summed E-state index contributed by atoms with van der Waals surface area (Å²) >= 11 is 0.